The molecular formula is C14H15NO3S. The monoisotopic (exact) mass is 277 g/mol. The van der Waals surface area contributed by atoms with Crippen molar-refractivity contribution in [2.24, 2.45) is 0 Å². The number of hydrogen-bond acceptors (Lipinski definition) is 4. The topological polar surface area (TPSA) is 67.3 Å². The first kappa shape index (κ1) is 13.5. The number of benzene rings is 1. The maximum atomic E-state index is 11.2. The molecule has 0 saturated heterocycles. The van der Waals surface area contributed by atoms with Crippen molar-refractivity contribution in [1.29, 1.82) is 0 Å². The molecule has 0 unspecified atom stereocenters. The number of aromatic hydroxyl groups is 1. The summed E-state index contributed by atoms with van der Waals surface area (Å²) in [6, 6.07) is 6.78. The number of aryl methyl sites for hydroxylation is 1. The molecule has 1 aromatic carbocycles. The van der Waals surface area contributed by atoms with E-state index in [0.717, 1.165) is 11.1 Å². The van der Waals surface area contributed by atoms with E-state index in [1.807, 2.05) is 13.0 Å². The fraction of sp³-hybridized carbons (Fsp3) is 0.214. The van der Waals surface area contributed by atoms with Crippen LogP contribution in [0.2, 0.25) is 0 Å². The average molecular weight is 277 g/mol. The van der Waals surface area contributed by atoms with Gasteiger partial charge in [0.25, 0.3) is 0 Å². The minimum atomic E-state index is -3.10. The summed E-state index contributed by atoms with van der Waals surface area (Å²) < 4.78 is 22.5. The lowest BCUT2D eigenvalue weighted by Crippen LogP contribution is -2.00. The molecule has 0 spiro atoms. The van der Waals surface area contributed by atoms with E-state index in [9.17, 15) is 13.5 Å². The minimum Gasteiger partial charge on any atom is -0.507 e. The van der Waals surface area contributed by atoms with Crippen LogP contribution in [0.25, 0.3) is 11.1 Å². The largest absolute Gasteiger partial charge is 0.507 e. The maximum Gasteiger partial charge on any atom is 0.151 e. The predicted molar refractivity (Wildman–Crippen MR) is 74.6 cm³/mol. The van der Waals surface area contributed by atoms with Crippen LogP contribution in [0, 0.1) is 6.92 Å². The highest BCUT2D eigenvalue weighted by Gasteiger charge is 2.10. The third-order valence-electron chi connectivity index (χ3n) is 2.82. The summed E-state index contributed by atoms with van der Waals surface area (Å²) in [5.74, 6) is -0.00963. The lowest BCUT2D eigenvalue weighted by Gasteiger charge is -2.09. The van der Waals surface area contributed by atoms with Gasteiger partial charge in [-0.15, -0.1) is 0 Å². The lowest BCUT2D eigenvalue weighted by atomic mass is 10.0. The molecule has 100 valence electrons. The molecule has 0 fully saturated rings. The summed E-state index contributed by atoms with van der Waals surface area (Å²) in [6.07, 6.45) is 4.54. The highest BCUT2D eigenvalue weighted by Crippen LogP contribution is 2.31. The smallest absolute Gasteiger partial charge is 0.151 e. The van der Waals surface area contributed by atoms with Gasteiger partial charge in [-0.2, -0.15) is 0 Å². The summed E-state index contributed by atoms with van der Waals surface area (Å²) in [7, 11) is -3.10. The Balaban J connectivity index is 2.43. The van der Waals surface area contributed by atoms with E-state index in [1.165, 1.54) is 12.3 Å². The van der Waals surface area contributed by atoms with Crippen molar-refractivity contribution in [1.82, 2.24) is 4.98 Å². The molecule has 2 aromatic rings. The van der Waals surface area contributed by atoms with E-state index >= 15 is 0 Å². The Labute approximate surface area is 112 Å². The van der Waals surface area contributed by atoms with Crippen molar-refractivity contribution in [2.75, 3.05) is 6.26 Å². The first-order valence-electron chi connectivity index (χ1n) is 5.77. The van der Waals surface area contributed by atoms with E-state index in [-0.39, 0.29) is 11.5 Å². The summed E-state index contributed by atoms with van der Waals surface area (Å²) in [4.78, 5) is 4.04. The fourth-order valence-electron chi connectivity index (χ4n) is 1.94. The van der Waals surface area contributed by atoms with E-state index in [0.29, 0.717) is 11.1 Å². The normalized spacial score (nSPS) is 11.5. The maximum absolute atomic E-state index is 11.2. The van der Waals surface area contributed by atoms with Crippen LogP contribution in [0.4, 0.5) is 0 Å². The Bertz CT molecular complexity index is 708. The number of sulfone groups is 1. The first-order valence-corrected chi connectivity index (χ1v) is 7.83. The van der Waals surface area contributed by atoms with Crippen LogP contribution < -0.4 is 0 Å². The Hall–Kier alpha value is -1.88. The fourth-order valence-corrected chi connectivity index (χ4v) is 2.73. The molecule has 0 aliphatic heterocycles. The Kier molecular flexibility index (Phi) is 3.57. The van der Waals surface area contributed by atoms with E-state index in [1.54, 1.807) is 24.5 Å². The number of phenols is 1. The number of rotatable bonds is 3. The van der Waals surface area contributed by atoms with Crippen LogP contribution in [-0.4, -0.2) is 24.8 Å². The summed E-state index contributed by atoms with van der Waals surface area (Å²) in [5.41, 5.74) is 3.07. The first-order chi connectivity index (χ1) is 8.87. The number of aromatic nitrogens is 1. The molecule has 0 aliphatic rings. The van der Waals surface area contributed by atoms with Crippen LogP contribution in [0.5, 0.6) is 5.75 Å². The Morgan fingerprint density at radius 2 is 1.95 bits per heavy atom. The average Bonchev–Trinajstić information content (AvgIpc) is 2.28. The Morgan fingerprint density at radius 3 is 2.53 bits per heavy atom. The second kappa shape index (κ2) is 5.01. The predicted octanol–water partition coefficient (Wildman–Crippen LogP) is 2.31. The zero-order valence-corrected chi connectivity index (χ0v) is 11.6. The molecule has 0 saturated carbocycles. The zero-order valence-electron chi connectivity index (χ0n) is 10.8. The van der Waals surface area contributed by atoms with Gasteiger partial charge in [-0.1, -0.05) is 12.1 Å². The van der Waals surface area contributed by atoms with Crippen molar-refractivity contribution < 1.29 is 13.5 Å². The summed E-state index contributed by atoms with van der Waals surface area (Å²) in [5, 5.41) is 10.0. The van der Waals surface area contributed by atoms with Gasteiger partial charge in [-0.25, -0.2) is 8.42 Å². The zero-order chi connectivity index (χ0) is 14.0. The van der Waals surface area contributed by atoms with Gasteiger partial charge in [0.15, 0.2) is 9.84 Å². The number of hydrogen-bond donors (Lipinski definition) is 1. The van der Waals surface area contributed by atoms with Crippen LogP contribution in [0.15, 0.2) is 36.7 Å². The number of pyridine rings is 1. The molecule has 2 rings (SSSR count). The number of nitrogens with zero attached hydrogens (tertiary/aromatic N) is 1. The van der Waals surface area contributed by atoms with Crippen molar-refractivity contribution in [3.8, 4) is 16.9 Å². The van der Waals surface area contributed by atoms with Gasteiger partial charge in [0, 0.05) is 29.8 Å². The molecule has 1 aromatic heterocycles. The van der Waals surface area contributed by atoms with Gasteiger partial charge in [0.05, 0.1) is 5.75 Å². The molecule has 5 heteroatoms. The molecule has 4 nitrogen and oxygen atoms in total. The lowest BCUT2D eigenvalue weighted by molar-refractivity contribution is 0.476. The van der Waals surface area contributed by atoms with Crippen LogP contribution >= 0.6 is 0 Å². The van der Waals surface area contributed by atoms with Crippen molar-refractivity contribution in [2.45, 2.75) is 12.7 Å². The van der Waals surface area contributed by atoms with Gasteiger partial charge in [0.2, 0.25) is 0 Å². The molecule has 0 atom stereocenters. The summed E-state index contributed by atoms with van der Waals surface area (Å²) >= 11 is 0. The van der Waals surface area contributed by atoms with Crippen LogP contribution in [0.3, 0.4) is 0 Å². The van der Waals surface area contributed by atoms with Gasteiger partial charge in [-0.3, -0.25) is 4.98 Å². The molecular weight excluding hydrogens is 262 g/mol. The SMILES string of the molecule is Cc1ccncc1-c1ccc(CS(C)(=O)=O)cc1O. The van der Waals surface area contributed by atoms with Crippen molar-refractivity contribution >= 4 is 9.84 Å². The van der Waals surface area contributed by atoms with Gasteiger partial charge >= 0.3 is 0 Å². The third kappa shape index (κ3) is 3.32. The molecule has 0 aliphatic carbocycles. The molecule has 1 N–H and O–H groups in total. The van der Waals surface area contributed by atoms with Gasteiger partial charge in [0.1, 0.15) is 5.75 Å². The molecule has 0 amide bonds. The van der Waals surface area contributed by atoms with Gasteiger partial charge < -0.3 is 5.11 Å². The third-order valence-corrected chi connectivity index (χ3v) is 3.68. The van der Waals surface area contributed by atoms with E-state index < -0.39 is 9.84 Å². The van der Waals surface area contributed by atoms with Crippen LogP contribution in [0.1, 0.15) is 11.1 Å². The highest BCUT2D eigenvalue weighted by atomic mass is 32.2. The summed E-state index contributed by atoms with van der Waals surface area (Å²) in [6.45, 7) is 1.93. The van der Waals surface area contributed by atoms with Gasteiger partial charge in [-0.05, 0) is 30.2 Å². The minimum absolute atomic E-state index is 0.0669. The van der Waals surface area contributed by atoms with Crippen molar-refractivity contribution in [3.63, 3.8) is 0 Å². The molecule has 0 radical (unpaired) electrons. The molecule has 19 heavy (non-hydrogen) atoms. The van der Waals surface area contributed by atoms with E-state index in [4.69, 9.17) is 0 Å². The second-order valence-electron chi connectivity index (χ2n) is 4.61. The second-order valence-corrected chi connectivity index (χ2v) is 6.75. The van der Waals surface area contributed by atoms with E-state index in [2.05, 4.69) is 4.98 Å². The Morgan fingerprint density at radius 1 is 1.21 bits per heavy atom. The molecule has 0 bridgehead atoms. The molecule has 1 heterocycles. The standard InChI is InChI=1S/C14H15NO3S/c1-10-5-6-15-8-13(10)12-4-3-11(7-14(12)16)9-19(2,17)18/h3-8,16H,9H2,1-2H3. The van der Waals surface area contributed by atoms with Crippen LogP contribution in [-0.2, 0) is 15.6 Å². The number of phenolic OH excluding ortho intramolecular Hbond substituents is 1. The quantitative estimate of drug-likeness (QED) is 0.934. The highest BCUT2D eigenvalue weighted by molar-refractivity contribution is 7.89. The van der Waals surface area contributed by atoms with Crippen molar-refractivity contribution in [3.05, 3.63) is 47.8 Å².